The van der Waals surface area contributed by atoms with Crippen molar-refractivity contribution in [1.29, 1.82) is 0 Å². The van der Waals surface area contributed by atoms with Gasteiger partial charge >= 0.3 is 0 Å². The molecule has 3 atom stereocenters. The van der Waals surface area contributed by atoms with Gasteiger partial charge in [0.1, 0.15) is 11.5 Å². The lowest BCUT2D eigenvalue weighted by Crippen LogP contribution is -2.39. The van der Waals surface area contributed by atoms with E-state index in [1.165, 1.54) is 17.2 Å². The lowest BCUT2D eigenvalue weighted by Gasteiger charge is -2.35. The fourth-order valence-electron chi connectivity index (χ4n) is 5.95. The molecule has 1 unspecified atom stereocenters. The first-order chi connectivity index (χ1) is 18.4. The molecule has 1 aliphatic heterocycles. The lowest BCUT2D eigenvalue weighted by atomic mass is 9.93. The summed E-state index contributed by atoms with van der Waals surface area (Å²) < 4.78 is 17.0. The van der Waals surface area contributed by atoms with Gasteiger partial charge in [-0.15, -0.1) is 0 Å². The van der Waals surface area contributed by atoms with Gasteiger partial charge in [0.2, 0.25) is 5.91 Å². The van der Waals surface area contributed by atoms with Crippen LogP contribution < -0.4 is 5.73 Å². The number of hydrogen-bond acceptors (Lipinski definition) is 4. The zero-order valence-electron chi connectivity index (χ0n) is 21.1. The van der Waals surface area contributed by atoms with Crippen LogP contribution in [-0.4, -0.2) is 37.9 Å². The van der Waals surface area contributed by atoms with E-state index in [1.54, 1.807) is 16.6 Å². The number of nitrogens with two attached hydrogens (primary N) is 1. The van der Waals surface area contributed by atoms with Crippen molar-refractivity contribution < 1.29 is 14.0 Å². The van der Waals surface area contributed by atoms with Gasteiger partial charge in [-0.1, -0.05) is 30.3 Å². The van der Waals surface area contributed by atoms with Crippen LogP contribution in [-0.2, 0) is 11.2 Å². The molecule has 192 valence electrons. The van der Waals surface area contributed by atoms with Crippen molar-refractivity contribution in [2.45, 2.75) is 50.5 Å². The van der Waals surface area contributed by atoms with Crippen molar-refractivity contribution in [3.63, 3.8) is 0 Å². The molecule has 38 heavy (non-hydrogen) atoms. The van der Waals surface area contributed by atoms with Crippen LogP contribution in [0.5, 0.6) is 0 Å². The van der Waals surface area contributed by atoms with E-state index in [4.69, 9.17) is 15.8 Å². The number of amides is 2. The molecular weight excluding hydrogens is 481 g/mol. The van der Waals surface area contributed by atoms with Gasteiger partial charge < -0.3 is 10.6 Å². The van der Waals surface area contributed by atoms with Crippen molar-refractivity contribution in [3.8, 4) is 11.3 Å². The van der Waals surface area contributed by atoms with E-state index < -0.39 is 5.82 Å². The maximum Gasteiger partial charge on any atom is 0.273 e. The number of carbonyl (C=O) groups excluding carboxylic acids is 2. The molecular formula is C30H28FN5O2. The Hall–Kier alpha value is -4.07. The van der Waals surface area contributed by atoms with E-state index in [0.29, 0.717) is 41.5 Å². The molecule has 2 amide bonds. The van der Waals surface area contributed by atoms with Crippen LogP contribution in [0.4, 0.5) is 4.39 Å². The second-order valence-corrected chi connectivity index (χ2v) is 10.9. The number of primary amides is 1. The van der Waals surface area contributed by atoms with E-state index in [-0.39, 0.29) is 29.7 Å². The SMILES string of the molecule is C[C@@H]1c2ccccc2CCN1C(=O)c1cc(C2CC2)n2nc(-c3ccc(C4C[C@H]4C(N)=O)cc3F)cc2n1. The Balaban J connectivity index is 1.23. The summed E-state index contributed by atoms with van der Waals surface area (Å²) >= 11 is 0. The minimum absolute atomic E-state index is 0.0158. The molecule has 0 spiro atoms. The van der Waals surface area contributed by atoms with Crippen LogP contribution in [0.3, 0.4) is 0 Å². The van der Waals surface area contributed by atoms with Gasteiger partial charge in [0.05, 0.1) is 11.7 Å². The minimum Gasteiger partial charge on any atom is -0.369 e. The highest BCUT2D eigenvalue weighted by Gasteiger charge is 2.43. The molecule has 2 saturated carbocycles. The highest BCUT2D eigenvalue weighted by molar-refractivity contribution is 5.93. The van der Waals surface area contributed by atoms with Crippen LogP contribution in [0.25, 0.3) is 16.9 Å². The molecule has 0 saturated heterocycles. The second-order valence-electron chi connectivity index (χ2n) is 10.9. The van der Waals surface area contributed by atoms with Gasteiger partial charge in [-0.05, 0) is 73.4 Å². The van der Waals surface area contributed by atoms with Crippen molar-refractivity contribution in [2.24, 2.45) is 11.7 Å². The minimum atomic E-state index is -0.397. The predicted molar refractivity (Wildman–Crippen MR) is 140 cm³/mol. The summed E-state index contributed by atoms with van der Waals surface area (Å²) in [6.45, 7) is 2.70. The van der Waals surface area contributed by atoms with Gasteiger partial charge in [0.25, 0.3) is 5.91 Å². The summed E-state index contributed by atoms with van der Waals surface area (Å²) in [4.78, 5) is 31.8. The summed E-state index contributed by atoms with van der Waals surface area (Å²) in [6.07, 6.45) is 3.54. The van der Waals surface area contributed by atoms with Gasteiger partial charge in [0.15, 0.2) is 5.65 Å². The first-order valence-electron chi connectivity index (χ1n) is 13.3. The molecule has 2 aromatic carbocycles. The highest BCUT2D eigenvalue weighted by Crippen LogP contribution is 2.48. The number of halogens is 1. The molecule has 2 fully saturated rings. The fourth-order valence-corrected chi connectivity index (χ4v) is 5.95. The molecule has 2 aromatic heterocycles. The third-order valence-electron chi connectivity index (χ3n) is 8.38. The van der Waals surface area contributed by atoms with Gasteiger partial charge in [0, 0.05) is 35.7 Å². The van der Waals surface area contributed by atoms with Gasteiger partial charge in [-0.2, -0.15) is 5.10 Å². The number of carbonyl (C=O) groups is 2. The van der Waals surface area contributed by atoms with Crippen LogP contribution >= 0.6 is 0 Å². The third-order valence-corrected chi connectivity index (χ3v) is 8.38. The maximum absolute atomic E-state index is 15.2. The zero-order chi connectivity index (χ0) is 26.1. The Kier molecular flexibility index (Phi) is 5.15. The summed E-state index contributed by atoms with van der Waals surface area (Å²) in [6, 6.07) is 16.9. The quantitative estimate of drug-likeness (QED) is 0.420. The van der Waals surface area contributed by atoms with Crippen molar-refractivity contribution in [2.75, 3.05) is 6.54 Å². The first kappa shape index (κ1) is 23.1. The smallest absolute Gasteiger partial charge is 0.273 e. The number of benzene rings is 2. The average Bonchev–Trinajstić information content (AvgIpc) is 3.84. The summed E-state index contributed by atoms with van der Waals surface area (Å²) in [5, 5.41) is 4.71. The average molecular weight is 510 g/mol. The van der Waals surface area contributed by atoms with Crippen LogP contribution in [0.2, 0.25) is 0 Å². The number of fused-ring (bicyclic) bond motifs is 2. The zero-order valence-corrected chi connectivity index (χ0v) is 21.1. The Morgan fingerprint density at radius 2 is 1.89 bits per heavy atom. The van der Waals surface area contributed by atoms with Crippen molar-refractivity contribution >= 4 is 17.5 Å². The Bertz CT molecular complexity index is 1620. The Labute approximate surface area is 219 Å². The number of rotatable bonds is 5. The van der Waals surface area contributed by atoms with Gasteiger partial charge in [-0.3, -0.25) is 9.59 Å². The van der Waals surface area contributed by atoms with Crippen LogP contribution in [0.15, 0.2) is 54.6 Å². The topological polar surface area (TPSA) is 93.6 Å². The molecule has 8 heteroatoms. The monoisotopic (exact) mass is 509 g/mol. The molecule has 7 nitrogen and oxygen atoms in total. The molecule has 7 rings (SSSR count). The van der Waals surface area contributed by atoms with Crippen molar-refractivity contribution in [1.82, 2.24) is 19.5 Å². The second kappa shape index (κ2) is 8.48. The fraction of sp³-hybridized carbons (Fsp3) is 0.333. The molecule has 2 aliphatic carbocycles. The highest BCUT2D eigenvalue weighted by atomic mass is 19.1. The number of hydrogen-bond donors (Lipinski definition) is 1. The molecule has 2 N–H and O–H groups in total. The van der Waals surface area contributed by atoms with E-state index in [0.717, 1.165) is 30.5 Å². The van der Waals surface area contributed by atoms with Crippen molar-refractivity contribution in [3.05, 3.63) is 88.5 Å². The summed E-state index contributed by atoms with van der Waals surface area (Å²) in [5.74, 6) is -0.751. The molecule has 3 aliphatic rings. The molecule has 0 bridgehead atoms. The molecule has 0 radical (unpaired) electrons. The van der Waals surface area contributed by atoms with Gasteiger partial charge in [-0.25, -0.2) is 13.9 Å². The third kappa shape index (κ3) is 3.78. The predicted octanol–water partition coefficient (Wildman–Crippen LogP) is 4.76. The first-order valence-corrected chi connectivity index (χ1v) is 13.3. The molecule has 4 aromatic rings. The summed E-state index contributed by atoms with van der Waals surface area (Å²) in [7, 11) is 0. The Morgan fingerprint density at radius 3 is 2.63 bits per heavy atom. The van der Waals surface area contributed by atoms with E-state index in [2.05, 4.69) is 19.1 Å². The normalized spacial score (nSPS) is 22.4. The number of aromatic nitrogens is 3. The largest absolute Gasteiger partial charge is 0.369 e. The number of nitrogens with zero attached hydrogens (tertiary/aromatic N) is 4. The van der Waals surface area contributed by atoms with Crippen LogP contribution in [0, 0.1) is 11.7 Å². The maximum atomic E-state index is 15.2. The van der Waals surface area contributed by atoms with E-state index >= 15 is 4.39 Å². The standard InChI is InChI=1S/C30H28FN5O2/c1-16-20-5-3-2-4-17(20)10-11-35(16)30(38)26-14-27(18-6-7-18)36-28(33-26)15-25(34-36)21-9-8-19(12-24(21)31)22-13-23(22)29(32)37/h2-5,8-9,12,14-16,18,22-23H,6-7,10-11,13H2,1H3,(H2,32,37)/t16-,22?,23-/m1/s1. The lowest BCUT2D eigenvalue weighted by molar-refractivity contribution is -0.119. The van der Waals surface area contributed by atoms with Crippen LogP contribution in [0.1, 0.15) is 76.9 Å². The Morgan fingerprint density at radius 1 is 1.08 bits per heavy atom. The summed E-state index contributed by atoms with van der Waals surface area (Å²) in [5.41, 5.74) is 11.4. The van der Waals surface area contributed by atoms with E-state index in [9.17, 15) is 9.59 Å². The molecule has 3 heterocycles. The van der Waals surface area contributed by atoms with E-state index in [1.807, 2.05) is 29.2 Å².